The molecule has 1 amide bonds. The summed E-state index contributed by atoms with van der Waals surface area (Å²) < 4.78 is 11.3. The summed E-state index contributed by atoms with van der Waals surface area (Å²) in [5.41, 5.74) is 2.65. The summed E-state index contributed by atoms with van der Waals surface area (Å²) >= 11 is 1.28. The number of ketones is 1. The first-order valence-corrected chi connectivity index (χ1v) is 10.3. The van der Waals surface area contributed by atoms with Crippen LogP contribution in [0.1, 0.15) is 10.4 Å². The number of nitrogens with one attached hydrogen (secondary N) is 1. The summed E-state index contributed by atoms with van der Waals surface area (Å²) in [7, 11) is 1.56. The molecular weight excluding hydrogens is 386 g/mol. The van der Waals surface area contributed by atoms with E-state index in [-0.39, 0.29) is 23.2 Å². The normalized spacial score (nSPS) is 10.9. The van der Waals surface area contributed by atoms with Crippen molar-refractivity contribution in [2.24, 2.45) is 0 Å². The van der Waals surface area contributed by atoms with E-state index < -0.39 is 0 Å². The minimum absolute atomic E-state index is 0.00433. The quantitative estimate of drug-likeness (QED) is 0.431. The maximum atomic E-state index is 12.4. The Labute approximate surface area is 172 Å². The van der Waals surface area contributed by atoms with Gasteiger partial charge in [0.15, 0.2) is 5.78 Å². The number of ether oxygens (including phenoxy) is 1. The molecule has 4 rings (SSSR count). The molecule has 1 heterocycles. The molecule has 0 fully saturated rings. The van der Waals surface area contributed by atoms with Crippen molar-refractivity contribution in [1.29, 1.82) is 0 Å². The molecule has 0 radical (unpaired) electrons. The van der Waals surface area contributed by atoms with Crippen LogP contribution in [0.2, 0.25) is 0 Å². The van der Waals surface area contributed by atoms with Gasteiger partial charge < -0.3 is 14.5 Å². The molecule has 0 aliphatic carbocycles. The minimum atomic E-state index is -0.204. The molecule has 0 spiro atoms. The summed E-state index contributed by atoms with van der Waals surface area (Å²) in [6.45, 7) is 0. The zero-order chi connectivity index (χ0) is 20.2. The Morgan fingerprint density at radius 3 is 2.48 bits per heavy atom. The molecule has 3 aromatic carbocycles. The van der Waals surface area contributed by atoms with Crippen LogP contribution in [0.5, 0.6) is 5.75 Å². The zero-order valence-corrected chi connectivity index (χ0v) is 16.6. The molecule has 6 heteroatoms. The molecule has 0 unspecified atom stereocenters. The number of hydrogen-bond donors (Lipinski definition) is 1. The Kier molecular flexibility index (Phi) is 5.53. The fraction of sp³-hybridized carbons (Fsp3) is 0.130. The van der Waals surface area contributed by atoms with E-state index in [9.17, 15) is 9.59 Å². The number of carbonyl (C=O) groups is 2. The van der Waals surface area contributed by atoms with E-state index >= 15 is 0 Å². The lowest BCUT2D eigenvalue weighted by molar-refractivity contribution is -0.113. The predicted molar refractivity (Wildman–Crippen MR) is 117 cm³/mol. The van der Waals surface area contributed by atoms with Crippen molar-refractivity contribution in [2.75, 3.05) is 23.9 Å². The Balaban J connectivity index is 1.44. The van der Waals surface area contributed by atoms with Crippen molar-refractivity contribution in [3.63, 3.8) is 0 Å². The lowest BCUT2D eigenvalue weighted by Gasteiger charge is -2.10. The molecule has 0 bridgehead atoms. The zero-order valence-electron chi connectivity index (χ0n) is 15.8. The third-order valence-electron chi connectivity index (χ3n) is 4.54. The third kappa shape index (κ3) is 4.12. The Bertz CT molecular complexity index is 1180. The van der Waals surface area contributed by atoms with Crippen LogP contribution in [0.15, 0.2) is 71.1 Å². The van der Waals surface area contributed by atoms with Crippen LogP contribution in [0.25, 0.3) is 21.9 Å². The number of para-hydroxylation sites is 1. The molecule has 0 aliphatic rings. The second-order valence-corrected chi connectivity index (χ2v) is 7.46. The lowest BCUT2D eigenvalue weighted by atomic mass is 10.1. The molecule has 29 heavy (non-hydrogen) atoms. The van der Waals surface area contributed by atoms with E-state index in [1.807, 2.05) is 48.5 Å². The van der Waals surface area contributed by atoms with Crippen LogP contribution in [0.4, 0.5) is 5.69 Å². The van der Waals surface area contributed by atoms with E-state index in [0.717, 1.165) is 16.4 Å². The molecule has 1 aromatic heterocycles. The monoisotopic (exact) mass is 405 g/mol. The fourth-order valence-electron chi connectivity index (χ4n) is 3.15. The maximum absolute atomic E-state index is 12.4. The van der Waals surface area contributed by atoms with E-state index in [1.54, 1.807) is 25.3 Å². The second kappa shape index (κ2) is 8.41. The third-order valence-corrected chi connectivity index (χ3v) is 5.47. The van der Waals surface area contributed by atoms with Gasteiger partial charge in [-0.3, -0.25) is 9.59 Å². The molecule has 146 valence electrons. The van der Waals surface area contributed by atoms with Gasteiger partial charge in [-0.15, -0.1) is 11.8 Å². The van der Waals surface area contributed by atoms with Gasteiger partial charge in [-0.1, -0.05) is 48.5 Å². The highest BCUT2D eigenvalue weighted by atomic mass is 32.2. The first-order valence-electron chi connectivity index (χ1n) is 9.11. The predicted octanol–water partition coefficient (Wildman–Crippen LogP) is 5.15. The van der Waals surface area contributed by atoms with Crippen LogP contribution < -0.4 is 10.1 Å². The number of Topliss-reactive ketones (excluding diaryl/α,β-unsaturated/α-hetero) is 1. The number of amides is 1. The van der Waals surface area contributed by atoms with Crippen LogP contribution in [-0.2, 0) is 4.79 Å². The van der Waals surface area contributed by atoms with Crippen molar-refractivity contribution in [3.05, 3.63) is 72.3 Å². The molecule has 0 atom stereocenters. The van der Waals surface area contributed by atoms with Crippen molar-refractivity contribution in [1.82, 2.24) is 0 Å². The lowest BCUT2D eigenvalue weighted by Crippen LogP contribution is -2.16. The first kappa shape index (κ1) is 19.1. The topological polar surface area (TPSA) is 68.5 Å². The highest BCUT2D eigenvalue weighted by Gasteiger charge is 2.14. The van der Waals surface area contributed by atoms with Gasteiger partial charge in [-0.25, -0.2) is 0 Å². The summed E-state index contributed by atoms with van der Waals surface area (Å²) in [5, 5.41) is 4.78. The van der Waals surface area contributed by atoms with Crippen molar-refractivity contribution < 1.29 is 18.7 Å². The van der Waals surface area contributed by atoms with Gasteiger partial charge in [-0.2, -0.15) is 0 Å². The number of fused-ring (bicyclic) bond motifs is 3. The molecule has 4 aromatic rings. The van der Waals surface area contributed by atoms with E-state index in [4.69, 9.17) is 9.15 Å². The molecular formula is C23H19NO4S. The fourth-order valence-corrected chi connectivity index (χ4v) is 3.86. The average molecular weight is 405 g/mol. The number of furan rings is 1. The van der Waals surface area contributed by atoms with E-state index in [2.05, 4.69) is 5.32 Å². The van der Waals surface area contributed by atoms with E-state index in [1.165, 1.54) is 11.8 Å². The standard InChI is InChI=1S/C23H19NO4S/c1-27-22-11-17-16-9-5-6-10-20(16)28-21(17)12-18(22)24-23(26)14-29-13-19(25)15-7-3-2-4-8-15/h2-12H,13-14H2,1H3,(H,24,26). The van der Waals surface area contributed by atoms with Gasteiger partial charge in [0, 0.05) is 22.4 Å². The average Bonchev–Trinajstić information content (AvgIpc) is 3.11. The van der Waals surface area contributed by atoms with Crippen LogP contribution >= 0.6 is 11.8 Å². The van der Waals surface area contributed by atoms with Crippen molar-refractivity contribution in [2.45, 2.75) is 0 Å². The largest absolute Gasteiger partial charge is 0.495 e. The summed E-state index contributed by atoms with van der Waals surface area (Å²) in [5.74, 6) is 0.772. The Morgan fingerprint density at radius 2 is 1.69 bits per heavy atom. The molecule has 5 nitrogen and oxygen atoms in total. The van der Waals surface area contributed by atoms with Crippen LogP contribution in [0, 0.1) is 0 Å². The first-order chi connectivity index (χ1) is 14.2. The number of anilines is 1. The Hall–Kier alpha value is -3.25. The van der Waals surface area contributed by atoms with Gasteiger partial charge in [0.2, 0.25) is 5.91 Å². The number of methoxy groups -OCH3 is 1. The maximum Gasteiger partial charge on any atom is 0.234 e. The van der Waals surface area contributed by atoms with Gasteiger partial charge in [-0.05, 0) is 12.1 Å². The summed E-state index contributed by atoms with van der Waals surface area (Å²) in [6.07, 6.45) is 0. The van der Waals surface area contributed by atoms with Gasteiger partial charge in [0.25, 0.3) is 0 Å². The molecule has 0 saturated heterocycles. The highest BCUT2D eigenvalue weighted by Crippen LogP contribution is 2.36. The van der Waals surface area contributed by atoms with Crippen molar-refractivity contribution >= 4 is 51.1 Å². The number of benzene rings is 3. The number of hydrogen-bond acceptors (Lipinski definition) is 5. The summed E-state index contributed by atoms with van der Waals surface area (Å²) in [6, 6.07) is 20.5. The number of carbonyl (C=O) groups excluding carboxylic acids is 2. The van der Waals surface area contributed by atoms with Gasteiger partial charge in [0.05, 0.1) is 24.3 Å². The van der Waals surface area contributed by atoms with Crippen molar-refractivity contribution in [3.8, 4) is 5.75 Å². The van der Waals surface area contributed by atoms with Crippen LogP contribution in [0.3, 0.4) is 0 Å². The molecule has 1 N–H and O–H groups in total. The number of thioether (sulfide) groups is 1. The molecule has 0 saturated carbocycles. The Morgan fingerprint density at radius 1 is 0.931 bits per heavy atom. The smallest absolute Gasteiger partial charge is 0.234 e. The SMILES string of the molecule is COc1cc2c(cc1NC(=O)CSCC(=O)c1ccccc1)oc1ccccc12. The highest BCUT2D eigenvalue weighted by molar-refractivity contribution is 8.00. The van der Waals surface area contributed by atoms with Crippen LogP contribution in [-0.4, -0.2) is 30.3 Å². The summed E-state index contributed by atoms with van der Waals surface area (Å²) in [4.78, 5) is 24.5. The molecule has 0 aliphatic heterocycles. The number of rotatable bonds is 7. The van der Waals surface area contributed by atoms with Gasteiger partial charge in [0.1, 0.15) is 16.9 Å². The van der Waals surface area contributed by atoms with E-state index in [0.29, 0.717) is 22.6 Å². The minimum Gasteiger partial charge on any atom is -0.495 e. The van der Waals surface area contributed by atoms with Gasteiger partial charge >= 0.3 is 0 Å². The second-order valence-electron chi connectivity index (χ2n) is 6.48.